The Labute approximate surface area is 151 Å². The molecule has 0 bridgehead atoms. The number of hydrogen-bond acceptors (Lipinski definition) is 2. The maximum absolute atomic E-state index is 12.9. The number of halogens is 1. The van der Waals surface area contributed by atoms with Gasteiger partial charge in [0.15, 0.2) is 0 Å². The number of benzene rings is 2. The van der Waals surface area contributed by atoms with E-state index in [9.17, 15) is 14.0 Å². The molecule has 0 radical (unpaired) electrons. The van der Waals surface area contributed by atoms with Gasteiger partial charge in [-0.15, -0.1) is 0 Å². The van der Waals surface area contributed by atoms with E-state index >= 15 is 0 Å². The Bertz CT molecular complexity index is 977. The highest BCUT2D eigenvalue weighted by Crippen LogP contribution is 2.13. The van der Waals surface area contributed by atoms with Crippen molar-refractivity contribution in [2.45, 2.75) is 26.2 Å². The lowest BCUT2D eigenvalue weighted by Crippen LogP contribution is -2.27. The van der Waals surface area contributed by atoms with Gasteiger partial charge >= 0.3 is 0 Å². The number of fused-ring (bicyclic) bond motifs is 1. The quantitative estimate of drug-likeness (QED) is 0.715. The van der Waals surface area contributed by atoms with Gasteiger partial charge in [-0.1, -0.05) is 23.8 Å². The molecule has 0 saturated carbocycles. The van der Waals surface area contributed by atoms with E-state index in [2.05, 4.69) is 10.3 Å². The van der Waals surface area contributed by atoms with Crippen LogP contribution < -0.4 is 10.9 Å². The summed E-state index contributed by atoms with van der Waals surface area (Å²) in [5, 5.41) is 3.82. The van der Waals surface area contributed by atoms with Crippen molar-refractivity contribution in [2.75, 3.05) is 6.54 Å². The molecule has 0 unspecified atom stereocenters. The minimum absolute atomic E-state index is 0.0811. The first-order chi connectivity index (χ1) is 12.5. The van der Waals surface area contributed by atoms with E-state index in [4.69, 9.17) is 0 Å². The monoisotopic (exact) mass is 352 g/mol. The highest BCUT2D eigenvalue weighted by molar-refractivity contribution is 5.79. The molecule has 2 N–H and O–H groups in total. The molecule has 0 aliphatic heterocycles. The second kappa shape index (κ2) is 7.95. The maximum Gasteiger partial charge on any atom is 0.251 e. The molecule has 26 heavy (non-hydrogen) atoms. The van der Waals surface area contributed by atoms with Gasteiger partial charge in [-0.2, -0.15) is 0 Å². The summed E-state index contributed by atoms with van der Waals surface area (Å²) in [6.45, 7) is 2.41. The first-order valence-corrected chi connectivity index (χ1v) is 8.65. The third-order valence-corrected chi connectivity index (χ3v) is 4.35. The Morgan fingerprint density at radius 3 is 2.62 bits per heavy atom. The zero-order valence-electron chi connectivity index (χ0n) is 14.6. The van der Waals surface area contributed by atoms with Crippen LogP contribution in [0.2, 0.25) is 0 Å². The molecule has 0 saturated heterocycles. The first kappa shape index (κ1) is 17.9. The third-order valence-electron chi connectivity index (χ3n) is 4.35. The van der Waals surface area contributed by atoms with Gasteiger partial charge in [-0.25, -0.2) is 4.39 Å². The number of amides is 1. The summed E-state index contributed by atoms with van der Waals surface area (Å²) in [6.07, 6.45) is 1.36. The molecule has 2 aromatic carbocycles. The third kappa shape index (κ3) is 4.57. The molecule has 0 atom stereocenters. The average Bonchev–Trinajstić information content (AvgIpc) is 2.62. The van der Waals surface area contributed by atoms with Crippen LogP contribution >= 0.6 is 0 Å². The molecule has 4 nitrogen and oxygen atoms in total. The van der Waals surface area contributed by atoms with Gasteiger partial charge in [-0.05, 0) is 61.0 Å². The van der Waals surface area contributed by atoms with Crippen LogP contribution in [0, 0.1) is 12.7 Å². The van der Waals surface area contributed by atoms with Gasteiger partial charge in [-0.3, -0.25) is 9.59 Å². The predicted octanol–water partition coefficient (Wildman–Crippen LogP) is 3.27. The SMILES string of the molecule is Cc1ccc2[nH]c(=O)c(CCNC(=O)CCc3ccc(F)cc3)cc2c1. The molecule has 0 fully saturated rings. The van der Waals surface area contributed by atoms with Crippen molar-refractivity contribution in [3.05, 3.63) is 81.4 Å². The van der Waals surface area contributed by atoms with Crippen LogP contribution in [-0.4, -0.2) is 17.4 Å². The fourth-order valence-corrected chi connectivity index (χ4v) is 2.89. The van der Waals surface area contributed by atoms with Crippen LogP contribution in [0.4, 0.5) is 4.39 Å². The van der Waals surface area contributed by atoms with Gasteiger partial charge < -0.3 is 10.3 Å². The molecule has 134 valence electrons. The van der Waals surface area contributed by atoms with E-state index in [1.54, 1.807) is 12.1 Å². The van der Waals surface area contributed by atoms with Crippen LogP contribution in [0.25, 0.3) is 10.9 Å². The Kier molecular flexibility index (Phi) is 5.46. The number of nitrogens with one attached hydrogen (secondary N) is 2. The summed E-state index contributed by atoms with van der Waals surface area (Å²) >= 11 is 0. The Hall–Kier alpha value is -2.95. The lowest BCUT2D eigenvalue weighted by molar-refractivity contribution is -0.121. The lowest BCUT2D eigenvalue weighted by atomic mass is 10.1. The summed E-state index contributed by atoms with van der Waals surface area (Å²) < 4.78 is 12.9. The normalized spacial score (nSPS) is 10.8. The van der Waals surface area contributed by atoms with E-state index in [0.29, 0.717) is 31.4 Å². The van der Waals surface area contributed by atoms with Crippen LogP contribution in [-0.2, 0) is 17.6 Å². The summed E-state index contributed by atoms with van der Waals surface area (Å²) in [6, 6.07) is 13.9. The highest BCUT2D eigenvalue weighted by Gasteiger charge is 2.06. The molecule has 0 aliphatic rings. The van der Waals surface area contributed by atoms with Crippen LogP contribution in [0.15, 0.2) is 53.3 Å². The first-order valence-electron chi connectivity index (χ1n) is 8.65. The van der Waals surface area contributed by atoms with E-state index in [1.165, 1.54) is 12.1 Å². The lowest BCUT2D eigenvalue weighted by Gasteiger charge is -2.07. The zero-order chi connectivity index (χ0) is 18.5. The fraction of sp³-hybridized carbons (Fsp3) is 0.238. The topological polar surface area (TPSA) is 62.0 Å². The minimum Gasteiger partial charge on any atom is -0.356 e. The van der Waals surface area contributed by atoms with Crippen molar-refractivity contribution in [2.24, 2.45) is 0 Å². The summed E-state index contributed by atoms with van der Waals surface area (Å²) in [7, 11) is 0. The van der Waals surface area contributed by atoms with Crippen molar-refractivity contribution in [1.29, 1.82) is 0 Å². The number of aryl methyl sites for hydroxylation is 2. The highest BCUT2D eigenvalue weighted by atomic mass is 19.1. The molecule has 3 rings (SSSR count). The van der Waals surface area contributed by atoms with Crippen LogP contribution in [0.5, 0.6) is 0 Å². The van der Waals surface area contributed by atoms with Crippen molar-refractivity contribution in [3.8, 4) is 0 Å². The molecule has 1 aromatic heterocycles. The molecule has 1 heterocycles. The number of aromatic nitrogens is 1. The molecule has 0 spiro atoms. The Morgan fingerprint density at radius 1 is 1.08 bits per heavy atom. The number of rotatable bonds is 6. The van der Waals surface area contributed by atoms with Gasteiger partial charge in [0.05, 0.1) is 0 Å². The number of carbonyl (C=O) groups excluding carboxylic acids is 1. The summed E-state index contributed by atoms with van der Waals surface area (Å²) in [5.74, 6) is -0.364. The summed E-state index contributed by atoms with van der Waals surface area (Å²) in [5.41, 5.74) is 3.39. The number of carbonyl (C=O) groups is 1. The van der Waals surface area contributed by atoms with E-state index in [1.807, 2.05) is 31.2 Å². The predicted molar refractivity (Wildman–Crippen MR) is 101 cm³/mol. The molecule has 1 amide bonds. The van der Waals surface area contributed by atoms with E-state index in [0.717, 1.165) is 22.0 Å². The van der Waals surface area contributed by atoms with Gasteiger partial charge in [0.25, 0.3) is 5.56 Å². The van der Waals surface area contributed by atoms with E-state index < -0.39 is 0 Å². The van der Waals surface area contributed by atoms with Crippen molar-refractivity contribution < 1.29 is 9.18 Å². The van der Waals surface area contributed by atoms with Crippen LogP contribution in [0.1, 0.15) is 23.1 Å². The van der Waals surface area contributed by atoms with Crippen molar-refractivity contribution in [3.63, 3.8) is 0 Å². The van der Waals surface area contributed by atoms with Gasteiger partial charge in [0.1, 0.15) is 5.82 Å². The van der Waals surface area contributed by atoms with Gasteiger partial charge in [0, 0.05) is 24.0 Å². The molecular formula is C21H21FN2O2. The van der Waals surface area contributed by atoms with Crippen LogP contribution in [0.3, 0.4) is 0 Å². The molecular weight excluding hydrogens is 331 g/mol. The standard InChI is InChI=1S/C21H21FN2O2/c1-14-2-8-19-17(12-14)13-16(21(26)24-19)10-11-23-20(25)9-5-15-3-6-18(22)7-4-15/h2-4,6-8,12-13H,5,9-11H2,1H3,(H,23,25)(H,24,26). The summed E-state index contributed by atoms with van der Waals surface area (Å²) in [4.78, 5) is 27.0. The number of hydrogen-bond donors (Lipinski definition) is 2. The fourth-order valence-electron chi connectivity index (χ4n) is 2.89. The van der Waals surface area contributed by atoms with Crippen molar-refractivity contribution in [1.82, 2.24) is 10.3 Å². The smallest absolute Gasteiger partial charge is 0.251 e. The number of pyridine rings is 1. The van der Waals surface area contributed by atoms with Crippen molar-refractivity contribution >= 4 is 16.8 Å². The number of aromatic amines is 1. The largest absolute Gasteiger partial charge is 0.356 e. The molecule has 5 heteroatoms. The molecule has 0 aliphatic carbocycles. The number of H-pyrrole nitrogens is 1. The second-order valence-corrected chi connectivity index (χ2v) is 6.44. The minimum atomic E-state index is -0.283. The average molecular weight is 352 g/mol. The van der Waals surface area contributed by atoms with E-state index in [-0.39, 0.29) is 17.3 Å². The maximum atomic E-state index is 12.9. The zero-order valence-corrected chi connectivity index (χ0v) is 14.6. The molecule has 3 aromatic rings. The second-order valence-electron chi connectivity index (χ2n) is 6.44. The Morgan fingerprint density at radius 2 is 1.85 bits per heavy atom. The Balaban J connectivity index is 1.53. The van der Waals surface area contributed by atoms with Gasteiger partial charge in [0.2, 0.25) is 5.91 Å².